The zero-order valence-electron chi connectivity index (χ0n) is 13.3. The highest BCUT2D eigenvalue weighted by Crippen LogP contribution is 2.38. The Morgan fingerprint density at radius 3 is 2.70 bits per heavy atom. The van der Waals surface area contributed by atoms with Crippen molar-refractivity contribution in [1.29, 1.82) is 0 Å². The number of halogens is 2. The second-order valence-electron chi connectivity index (χ2n) is 5.49. The van der Waals surface area contributed by atoms with Crippen molar-refractivity contribution >= 4 is 51.2 Å². The minimum absolute atomic E-state index is 0.0197. The van der Waals surface area contributed by atoms with E-state index < -0.39 is 10.9 Å². The second-order valence-corrected chi connectivity index (χ2v) is 6.75. The molecule has 0 fully saturated rings. The predicted octanol–water partition coefficient (Wildman–Crippen LogP) is 4.08. The van der Waals surface area contributed by atoms with Crippen LogP contribution < -0.4 is 9.47 Å². The number of cyclic esters (lactones) is 1. The van der Waals surface area contributed by atoms with E-state index in [1.807, 2.05) is 0 Å². The number of benzene rings is 2. The third kappa shape index (κ3) is 3.26. The molecule has 8 nitrogen and oxygen atoms in total. The molecular weight excluding hydrogens is 444 g/mol. The van der Waals surface area contributed by atoms with Gasteiger partial charge in [-0.15, -0.1) is 0 Å². The molecule has 27 heavy (non-hydrogen) atoms. The lowest BCUT2D eigenvalue weighted by Crippen LogP contribution is -2.06. The summed E-state index contributed by atoms with van der Waals surface area (Å²) in [5, 5.41) is 11.0. The van der Waals surface area contributed by atoms with E-state index in [0.29, 0.717) is 21.5 Å². The van der Waals surface area contributed by atoms with E-state index in [9.17, 15) is 14.9 Å². The lowest BCUT2D eigenvalue weighted by Gasteiger charge is -2.02. The van der Waals surface area contributed by atoms with E-state index in [0.717, 1.165) is 0 Å². The highest BCUT2D eigenvalue weighted by atomic mass is 79.9. The van der Waals surface area contributed by atoms with Gasteiger partial charge in [-0.3, -0.25) is 10.1 Å². The monoisotopic (exact) mass is 450 g/mol. The Morgan fingerprint density at radius 2 is 1.96 bits per heavy atom. The number of hydrogen-bond donors (Lipinski definition) is 0. The van der Waals surface area contributed by atoms with E-state index in [2.05, 4.69) is 20.9 Å². The zero-order valence-corrected chi connectivity index (χ0v) is 15.6. The maximum atomic E-state index is 12.2. The van der Waals surface area contributed by atoms with Crippen LogP contribution >= 0.6 is 27.5 Å². The fraction of sp³-hybridized carbons (Fsp3) is 0.0588. The zero-order chi connectivity index (χ0) is 19.1. The van der Waals surface area contributed by atoms with Crippen molar-refractivity contribution < 1.29 is 23.9 Å². The van der Waals surface area contributed by atoms with E-state index >= 15 is 0 Å². The number of carbonyl (C=O) groups excluding carboxylic acids is 1. The van der Waals surface area contributed by atoms with E-state index in [-0.39, 0.29) is 34.7 Å². The number of nitro groups is 1. The molecule has 0 amide bonds. The molecule has 0 aromatic heterocycles. The van der Waals surface area contributed by atoms with Crippen molar-refractivity contribution in [3.8, 4) is 11.5 Å². The molecule has 0 bridgehead atoms. The molecule has 10 heteroatoms. The Morgan fingerprint density at radius 1 is 1.22 bits per heavy atom. The van der Waals surface area contributed by atoms with Gasteiger partial charge in [-0.1, -0.05) is 27.5 Å². The van der Waals surface area contributed by atoms with Crippen LogP contribution in [-0.2, 0) is 9.53 Å². The van der Waals surface area contributed by atoms with Crippen LogP contribution in [0, 0.1) is 10.1 Å². The predicted molar refractivity (Wildman–Crippen MR) is 99.0 cm³/mol. The summed E-state index contributed by atoms with van der Waals surface area (Å²) in [5.74, 6) is 0.430. The molecule has 0 saturated heterocycles. The summed E-state index contributed by atoms with van der Waals surface area (Å²) in [6.45, 7) is 0.126. The molecule has 2 aromatic rings. The first-order valence-corrected chi connectivity index (χ1v) is 8.65. The molecule has 136 valence electrons. The van der Waals surface area contributed by atoms with Gasteiger partial charge in [-0.05, 0) is 35.9 Å². The van der Waals surface area contributed by atoms with Crippen LogP contribution in [0.15, 0.2) is 45.5 Å². The summed E-state index contributed by atoms with van der Waals surface area (Å²) in [4.78, 5) is 26.7. The Balaban J connectivity index is 1.71. The summed E-state index contributed by atoms with van der Waals surface area (Å²) in [7, 11) is 0. The maximum Gasteiger partial charge on any atom is 0.363 e. The van der Waals surface area contributed by atoms with E-state index in [1.165, 1.54) is 24.3 Å². The van der Waals surface area contributed by atoms with Gasteiger partial charge < -0.3 is 14.2 Å². The normalized spacial score (nSPS) is 16.4. The SMILES string of the molecule is O=C1OC(c2ccc(Cl)c([N+](=O)[O-])c2)=N/C1=C/c1cc2c(cc1Br)OCO2. The number of nitro benzene ring substituents is 1. The Hall–Kier alpha value is -2.91. The summed E-state index contributed by atoms with van der Waals surface area (Å²) in [6, 6.07) is 7.46. The highest BCUT2D eigenvalue weighted by molar-refractivity contribution is 9.10. The van der Waals surface area contributed by atoms with Crippen molar-refractivity contribution in [2.45, 2.75) is 0 Å². The number of aliphatic imine (C=N–C) groups is 1. The van der Waals surface area contributed by atoms with Gasteiger partial charge in [0.25, 0.3) is 5.69 Å². The summed E-state index contributed by atoms with van der Waals surface area (Å²) >= 11 is 9.20. The first-order chi connectivity index (χ1) is 12.9. The molecule has 0 spiro atoms. The molecule has 0 saturated carbocycles. The lowest BCUT2D eigenvalue weighted by molar-refractivity contribution is -0.384. The van der Waals surface area contributed by atoms with Crippen LogP contribution in [0.1, 0.15) is 11.1 Å². The van der Waals surface area contributed by atoms with Crippen LogP contribution in [0.5, 0.6) is 11.5 Å². The largest absolute Gasteiger partial charge is 0.454 e. The second kappa shape index (κ2) is 6.67. The molecule has 2 aliphatic rings. The number of hydrogen-bond acceptors (Lipinski definition) is 7. The van der Waals surface area contributed by atoms with Crippen LogP contribution in [0.2, 0.25) is 5.02 Å². The summed E-state index contributed by atoms with van der Waals surface area (Å²) < 4.78 is 16.4. The van der Waals surface area contributed by atoms with Gasteiger partial charge in [0.05, 0.1) is 4.92 Å². The Kier molecular flexibility index (Phi) is 4.33. The topological polar surface area (TPSA) is 100 Å². The van der Waals surface area contributed by atoms with Gasteiger partial charge in [0.15, 0.2) is 17.2 Å². The summed E-state index contributed by atoms with van der Waals surface area (Å²) in [5.41, 5.74) is 0.650. The average Bonchev–Trinajstić information content (AvgIpc) is 3.22. The van der Waals surface area contributed by atoms with Crippen LogP contribution in [0.4, 0.5) is 5.69 Å². The minimum Gasteiger partial charge on any atom is -0.454 e. The summed E-state index contributed by atoms with van der Waals surface area (Å²) in [6.07, 6.45) is 1.52. The number of fused-ring (bicyclic) bond motifs is 1. The minimum atomic E-state index is -0.674. The van der Waals surface area contributed by atoms with Crippen LogP contribution in [0.3, 0.4) is 0 Å². The number of carbonyl (C=O) groups is 1. The maximum absolute atomic E-state index is 12.2. The molecule has 0 aliphatic carbocycles. The van der Waals surface area contributed by atoms with Gasteiger partial charge in [0.1, 0.15) is 5.02 Å². The van der Waals surface area contributed by atoms with E-state index in [4.69, 9.17) is 25.8 Å². The van der Waals surface area contributed by atoms with Crippen molar-refractivity contribution in [3.63, 3.8) is 0 Å². The average molecular weight is 452 g/mol. The molecule has 2 heterocycles. The number of ether oxygens (including phenoxy) is 3. The van der Waals surface area contributed by atoms with E-state index in [1.54, 1.807) is 12.1 Å². The standard InChI is InChI=1S/C17H8BrClN2O6/c18-10-6-15-14(25-7-26-15)5-9(10)3-12-17(22)27-16(20-12)8-1-2-11(19)13(4-8)21(23)24/h1-6H,7H2/b12-3+. The molecule has 2 aromatic carbocycles. The Labute approximate surface area is 165 Å². The Bertz CT molecular complexity index is 1070. The van der Waals surface area contributed by atoms with Crippen molar-refractivity contribution in [3.05, 3.63) is 66.8 Å². The molecule has 4 rings (SSSR count). The lowest BCUT2D eigenvalue weighted by atomic mass is 10.1. The van der Waals surface area contributed by atoms with Gasteiger partial charge in [-0.2, -0.15) is 0 Å². The van der Waals surface area contributed by atoms with Crippen LogP contribution in [-0.4, -0.2) is 23.6 Å². The third-order valence-corrected chi connectivity index (χ3v) is 4.80. The van der Waals surface area contributed by atoms with Crippen molar-refractivity contribution in [2.24, 2.45) is 4.99 Å². The number of rotatable bonds is 3. The fourth-order valence-electron chi connectivity index (χ4n) is 2.51. The molecule has 0 N–H and O–H groups in total. The molecule has 0 radical (unpaired) electrons. The van der Waals surface area contributed by atoms with Gasteiger partial charge in [-0.25, -0.2) is 9.79 Å². The van der Waals surface area contributed by atoms with Gasteiger partial charge in [0.2, 0.25) is 12.7 Å². The molecule has 0 atom stereocenters. The molecule has 0 unspecified atom stereocenters. The van der Waals surface area contributed by atoms with Gasteiger partial charge in [0, 0.05) is 16.1 Å². The first kappa shape index (κ1) is 17.5. The quantitative estimate of drug-likeness (QED) is 0.302. The highest BCUT2D eigenvalue weighted by Gasteiger charge is 2.27. The molecule has 2 aliphatic heterocycles. The van der Waals surface area contributed by atoms with Crippen LogP contribution in [0.25, 0.3) is 6.08 Å². The van der Waals surface area contributed by atoms with Crippen molar-refractivity contribution in [2.75, 3.05) is 6.79 Å². The number of esters is 1. The molecular formula is C17H8BrClN2O6. The van der Waals surface area contributed by atoms with Crippen molar-refractivity contribution in [1.82, 2.24) is 0 Å². The number of nitrogens with zero attached hydrogens (tertiary/aromatic N) is 2. The van der Waals surface area contributed by atoms with Gasteiger partial charge >= 0.3 is 5.97 Å². The fourth-order valence-corrected chi connectivity index (χ4v) is 3.13. The first-order valence-electron chi connectivity index (χ1n) is 7.48. The third-order valence-electron chi connectivity index (χ3n) is 3.79. The smallest absolute Gasteiger partial charge is 0.363 e.